The summed E-state index contributed by atoms with van der Waals surface area (Å²) < 4.78 is 28.2. The van der Waals surface area contributed by atoms with E-state index in [1.807, 2.05) is 31.6 Å². The molecule has 1 heterocycles. The van der Waals surface area contributed by atoms with Gasteiger partial charge in [-0.05, 0) is 57.0 Å². The highest BCUT2D eigenvalue weighted by Gasteiger charge is 2.34. The van der Waals surface area contributed by atoms with E-state index in [0.717, 1.165) is 16.8 Å². The summed E-state index contributed by atoms with van der Waals surface area (Å²) in [7, 11) is -2.47. The number of rotatable bonds is 13. The van der Waals surface area contributed by atoms with Crippen LogP contribution in [0.25, 0.3) is 5.69 Å². The lowest BCUT2D eigenvalue weighted by molar-refractivity contribution is -0.132. The number of carbonyl (C=O) groups is 3. The SMILES string of the molecule is CCCCS(=O)(=O)NC(=O)C(NC(=O)C(Cc1ccc(-n2cncn2)cc1)N(C)C(=O)c1cc(C)cc(C)c1)C(C)O. The monoisotopic (exact) mass is 598 g/mol. The molecule has 0 aliphatic heterocycles. The number of aromatic nitrogens is 3. The van der Waals surface area contributed by atoms with Crippen LogP contribution in [0.1, 0.15) is 53.7 Å². The minimum atomic E-state index is -3.96. The Morgan fingerprint density at radius 1 is 1.05 bits per heavy atom. The third-order valence-electron chi connectivity index (χ3n) is 6.69. The quantitative estimate of drug-likeness (QED) is 0.268. The predicted octanol–water partition coefficient (Wildman–Crippen LogP) is 1.68. The van der Waals surface area contributed by atoms with Crippen molar-refractivity contribution in [3.63, 3.8) is 0 Å². The van der Waals surface area contributed by atoms with Gasteiger partial charge in [-0.15, -0.1) is 0 Å². The molecule has 13 heteroatoms. The molecule has 0 saturated carbocycles. The van der Waals surface area contributed by atoms with Crippen molar-refractivity contribution in [2.24, 2.45) is 0 Å². The molecule has 3 rings (SSSR count). The number of nitrogens with one attached hydrogen (secondary N) is 2. The number of aliphatic hydroxyl groups is 1. The summed E-state index contributed by atoms with van der Waals surface area (Å²) in [6.45, 7) is 6.82. The smallest absolute Gasteiger partial charge is 0.258 e. The minimum absolute atomic E-state index is 0.0689. The van der Waals surface area contributed by atoms with Crippen molar-refractivity contribution in [2.45, 2.75) is 65.1 Å². The average Bonchev–Trinajstić information content (AvgIpc) is 3.47. The first-order chi connectivity index (χ1) is 19.8. The molecule has 3 atom stereocenters. The van der Waals surface area contributed by atoms with Crippen LogP contribution < -0.4 is 10.0 Å². The molecule has 0 aliphatic carbocycles. The fourth-order valence-corrected chi connectivity index (χ4v) is 5.66. The van der Waals surface area contributed by atoms with Gasteiger partial charge >= 0.3 is 0 Å². The van der Waals surface area contributed by atoms with Gasteiger partial charge in [0.15, 0.2) is 0 Å². The number of likely N-dealkylation sites (N-methyl/N-ethyl adjacent to an activating group) is 1. The Labute approximate surface area is 246 Å². The topological polar surface area (TPSA) is 164 Å². The second-order valence-electron chi connectivity index (χ2n) is 10.4. The summed E-state index contributed by atoms with van der Waals surface area (Å²) in [5.74, 6) is -2.48. The molecule has 0 fully saturated rings. The van der Waals surface area contributed by atoms with E-state index in [4.69, 9.17) is 0 Å². The Hall–Kier alpha value is -4.10. The Bertz CT molecular complexity index is 1470. The zero-order chi connectivity index (χ0) is 31.0. The molecular weight excluding hydrogens is 560 g/mol. The van der Waals surface area contributed by atoms with Gasteiger partial charge in [0.1, 0.15) is 24.7 Å². The van der Waals surface area contributed by atoms with Crippen molar-refractivity contribution in [1.82, 2.24) is 29.7 Å². The first-order valence-corrected chi connectivity index (χ1v) is 15.3. The molecule has 3 unspecified atom stereocenters. The molecular formula is C29H38N6O6S. The molecule has 3 N–H and O–H groups in total. The van der Waals surface area contributed by atoms with Gasteiger partial charge in [-0.2, -0.15) is 5.10 Å². The molecule has 3 amide bonds. The lowest BCUT2D eigenvalue weighted by Gasteiger charge is -2.30. The van der Waals surface area contributed by atoms with E-state index in [-0.39, 0.29) is 12.2 Å². The fourth-order valence-electron chi connectivity index (χ4n) is 4.46. The molecule has 0 bridgehead atoms. The zero-order valence-corrected chi connectivity index (χ0v) is 25.3. The number of amides is 3. The zero-order valence-electron chi connectivity index (χ0n) is 24.4. The molecule has 3 aromatic rings. The Morgan fingerprint density at radius 2 is 1.69 bits per heavy atom. The van der Waals surface area contributed by atoms with Crippen molar-refractivity contribution in [3.05, 3.63) is 77.4 Å². The van der Waals surface area contributed by atoms with Gasteiger partial charge in [0.05, 0.1) is 17.5 Å². The number of unbranched alkanes of at least 4 members (excludes halogenated alkanes) is 1. The molecule has 0 radical (unpaired) electrons. The number of sulfonamides is 1. The summed E-state index contributed by atoms with van der Waals surface area (Å²) >= 11 is 0. The summed E-state index contributed by atoms with van der Waals surface area (Å²) in [6.07, 6.45) is 2.56. The van der Waals surface area contributed by atoms with Gasteiger partial charge < -0.3 is 15.3 Å². The van der Waals surface area contributed by atoms with E-state index in [1.165, 1.54) is 25.2 Å². The van der Waals surface area contributed by atoms with Crippen LogP contribution in [0.3, 0.4) is 0 Å². The van der Waals surface area contributed by atoms with Crippen molar-refractivity contribution in [3.8, 4) is 5.69 Å². The summed E-state index contributed by atoms with van der Waals surface area (Å²) in [5, 5.41) is 16.9. The first kappa shape index (κ1) is 32.4. The first-order valence-electron chi connectivity index (χ1n) is 13.6. The predicted molar refractivity (Wildman–Crippen MR) is 157 cm³/mol. The molecule has 0 aliphatic rings. The number of hydrogen-bond donors (Lipinski definition) is 3. The van der Waals surface area contributed by atoms with E-state index in [9.17, 15) is 27.9 Å². The molecule has 1 aromatic heterocycles. The standard InChI is InChI=1S/C29H38N6O6S/c1-6-7-12-42(40,41)33-28(38)26(21(4)36)32-27(37)25(34(5)29(39)23-14-19(2)13-20(3)15-23)16-22-8-10-24(11-9-22)35-18-30-17-31-35/h8-11,13-15,17-18,21,25-26,36H,6-7,12,16H2,1-5H3,(H,32,37)(H,33,38). The van der Waals surface area contributed by atoms with Crippen molar-refractivity contribution >= 4 is 27.7 Å². The van der Waals surface area contributed by atoms with Gasteiger partial charge in [0, 0.05) is 19.0 Å². The number of nitrogens with zero attached hydrogens (tertiary/aromatic N) is 4. The molecule has 2 aromatic carbocycles. The van der Waals surface area contributed by atoms with Crippen LogP contribution in [0.15, 0.2) is 55.1 Å². The lowest BCUT2D eigenvalue weighted by Crippen LogP contribution is -2.58. The minimum Gasteiger partial charge on any atom is -0.391 e. The van der Waals surface area contributed by atoms with Crippen LogP contribution >= 0.6 is 0 Å². The number of benzene rings is 2. The lowest BCUT2D eigenvalue weighted by atomic mass is 10.0. The highest BCUT2D eigenvalue weighted by Crippen LogP contribution is 2.17. The number of carbonyl (C=O) groups excluding carboxylic acids is 3. The highest BCUT2D eigenvalue weighted by molar-refractivity contribution is 7.90. The second-order valence-corrected chi connectivity index (χ2v) is 12.2. The third kappa shape index (κ3) is 8.70. The van der Waals surface area contributed by atoms with Gasteiger partial charge in [0.2, 0.25) is 15.9 Å². The Balaban J connectivity index is 1.90. The summed E-state index contributed by atoms with van der Waals surface area (Å²) in [5.41, 5.74) is 3.60. The summed E-state index contributed by atoms with van der Waals surface area (Å²) in [6, 6.07) is 9.84. The van der Waals surface area contributed by atoms with Crippen molar-refractivity contribution in [2.75, 3.05) is 12.8 Å². The van der Waals surface area contributed by atoms with Gasteiger partial charge in [-0.1, -0.05) is 42.7 Å². The maximum Gasteiger partial charge on any atom is 0.258 e. The van der Waals surface area contributed by atoms with E-state index in [1.54, 1.807) is 47.4 Å². The number of hydrogen-bond acceptors (Lipinski definition) is 8. The molecule has 0 spiro atoms. The van der Waals surface area contributed by atoms with Crippen molar-refractivity contribution in [1.29, 1.82) is 0 Å². The fraction of sp³-hybridized carbons (Fsp3) is 0.414. The Morgan fingerprint density at radius 3 is 2.24 bits per heavy atom. The molecule has 12 nitrogen and oxygen atoms in total. The number of aliphatic hydroxyl groups excluding tert-OH is 1. The maximum absolute atomic E-state index is 13.7. The summed E-state index contributed by atoms with van der Waals surface area (Å²) in [4.78, 5) is 45.3. The van der Waals surface area contributed by atoms with Crippen LogP contribution in [0.2, 0.25) is 0 Å². The average molecular weight is 599 g/mol. The van der Waals surface area contributed by atoms with Crippen LogP contribution in [0.4, 0.5) is 0 Å². The van der Waals surface area contributed by atoms with Gasteiger partial charge in [-0.25, -0.2) is 18.1 Å². The van der Waals surface area contributed by atoms with Crippen LogP contribution in [0.5, 0.6) is 0 Å². The van der Waals surface area contributed by atoms with E-state index in [2.05, 4.69) is 15.4 Å². The molecule has 42 heavy (non-hydrogen) atoms. The van der Waals surface area contributed by atoms with E-state index >= 15 is 0 Å². The third-order valence-corrected chi connectivity index (χ3v) is 8.03. The maximum atomic E-state index is 13.7. The van der Waals surface area contributed by atoms with E-state index in [0.29, 0.717) is 24.0 Å². The largest absolute Gasteiger partial charge is 0.391 e. The molecule has 0 saturated heterocycles. The highest BCUT2D eigenvalue weighted by atomic mass is 32.2. The number of aryl methyl sites for hydroxylation is 2. The van der Waals surface area contributed by atoms with Gasteiger partial charge in [0.25, 0.3) is 11.8 Å². The van der Waals surface area contributed by atoms with Crippen LogP contribution in [0, 0.1) is 13.8 Å². The normalized spacial score (nSPS) is 13.6. The second kappa shape index (κ2) is 14.2. The van der Waals surface area contributed by atoms with Crippen LogP contribution in [-0.4, -0.2) is 81.9 Å². The van der Waals surface area contributed by atoms with Crippen molar-refractivity contribution < 1.29 is 27.9 Å². The Kier molecular flexibility index (Phi) is 10.9. The van der Waals surface area contributed by atoms with Gasteiger partial charge in [-0.3, -0.25) is 19.1 Å². The van der Waals surface area contributed by atoms with E-state index < -0.39 is 45.9 Å². The molecule has 226 valence electrons. The van der Waals surface area contributed by atoms with Crippen LogP contribution in [-0.2, 0) is 26.0 Å².